The van der Waals surface area contributed by atoms with Crippen molar-refractivity contribution in [3.8, 4) is 11.5 Å². The largest absolute Gasteiger partial charge is 0.497 e. The third kappa shape index (κ3) is 3.75. The molecule has 2 aromatic carbocycles. The summed E-state index contributed by atoms with van der Waals surface area (Å²) in [6.07, 6.45) is 2.14. The van der Waals surface area contributed by atoms with E-state index >= 15 is 0 Å². The van der Waals surface area contributed by atoms with Gasteiger partial charge in [-0.25, -0.2) is 18.4 Å². The first-order chi connectivity index (χ1) is 19.3. The topological polar surface area (TPSA) is 151 Å². The van der Waals surface area contributed by atoms with E-state index in [1.54, 1.807) is 7.11 Å². The zero-order valence-corrected chi connectivity index (χ0v) is 22.7. The number of sulfone groups is 1. The Hall–Kier alpha value is -4.39. The Morgan fingerprint density at radius 2 is 1.88 bits per heavy atom. The van der Waals surface area contributed by atoms with Crippen LogP contribution in [0.25, 0.3) is 10.9 Å². The van der Waals surface area contributed by atoms with E-state index in [0.717, 1.165) is 39.9 Å². The minimum Gasteiger partial charge on any atom is -0.497 e. The molecule has 40 heavy (non-hydrogen) atoms. The van der Waals surface area contributed by atoms with E-state index in [4.69, 9.17) is 9.47 Å². The molecule has 0 radical (unpaired) electrons. The smallest absolute Gasteiger partial charge is 0.235 e. The average molecular weight is 562 g/mol. The standard InChI is InChI=1S/C27H27N7O5S/c1-38-16-4-6-20-18(12-16)27(26(35)30-20)13-19(27)15-3-5-17-21(11-15)32-33-23(17)31-24-22(39-2)25(29-14-28-24)34-7-9-40(36,37)10-8-34/h3-6,11-12,14,19H,7-10,13H2,1-2H3,(H,30,35)(H2,28,29,31,32,33)/t19-,27-/m0/s1. The van der Waals surface area contributed by atoms with E-state index in [0.29, 0.717) is 36.3 Å². The van der Waals surface area contributed by atoms with Gasteiger partial charge in [0.2, 0.25) is 11.7 Å². The maximum atomic E-state index is 13.1. The van der Waals surface area contributed by atoms with Gasteiger partial charge in [0.25, 0.3) is 0 Å². The van der Waals surface area contributed by atoms with Gasteiger partial charge in [-0.15, -0.1) is 0 Å². The lowest BCUT2D eigenvalue weighted by Crippen LogP contribution is -2.40. The molecule has 2 aromatic heterocycles. The molecule has 3 N–H and O–H groups in total. The van der Waals surface area contributed by atoms with Gasteiger partial charge < -0.3 is 25.0 Å². The Balaban J connectivity index is 1.16. The summed E-state index contributed by atoms with van der Waals surface area (Å²) < 4.78 is 34.8. The summed E-state index contributed by atoms with van der Waals surface area (Å²) in [5.41, 5.74) is 3.10. The molecular formula is C27H27N7O5S. The minimum absolute atomic E-state index is 0.0192. The third-order valence-electron chi connectivity index (χ3n) is 8.18. The van der Waals surface area contributed by atoms with Crippen LogP contribution < -0.4 is 25.0 Å². The van der Waals surface area contributed by atoms with Crippen LogP contribution >= 0.6 is 0 Å². The highest BCUT2D eigenvalue weighted by Crippen LogP contribution is 2.65. The molecule has 4 aromatic rings. The highest BCUT2D eigenvalue weighted by atomic mass is 32.2. The van der Waals surface area contributed by atoms with Crippen LogP contribution in [0.3, 0.4) is 0 Å². The summed E-state index contributed by atoms with van der Waals surface area (Å²) in [7, 11) is 0.117. The molecule has 1 amide bonds. The number of aromatic amines is 1. The fourth-order valence-corrected chi connectivity index (χ4v) is 7.15. The predicted octanol–water partition coefficient (Wildman–Crippen LogP) is 2.73. The van der Waals surface area contributed by atoms with Gasteiger partial charge in [0.15, 0.2) is 27.3 Å². The molecule has 12 nitrogen and oxygen atoms in total. The van der Waals surface area contributed by atoms with Crippen molar-refractivity contribution >= 4 is 49.8 Å². The zero-order valence-electron chi connectivity index (χ0n) is 21.9. The van der Waals surface area contributed by atoms with Crippen LogP contribution in [0.2, 0.25) is 0 Å². The lowest BCUT2D eigenvalue weighted by molar-refractivity contribution is -0.118. The van der Waals surface area contributed by atoms with Gasteiger partial charge in [0.05, 0.1) is 36.7 Å². The number of nitrogens with one attached hydrogen (secondary N) is 3. The summed E-state index contributed by atoms with van der Waals surface area (Å²) in [5.74, 6) is 2.86. The molecule has 1 saturated heterocycles. The maximum absolute atomic E-state index is 13.1. The molecule has 2 atom stereocenters. The number of carbonyl (C=O) groups is 1. The van der Waals surface area contributed by atoms with Crippen molar-refractivity contribution in [1.29, 1.82) is 0 Å². The first kappa shape index (κ1) is 24.6. The Morgan fingerprint density at radius 1 is 1.05 bits per heavy atom. The van der Waals surface area contributed by atoms with Gasteiger partial charge in [-0.05, 0) is 47.9 Å². The number of methoxy groups -OCH3 is 2. The second-order valence-corrected chi connectivity index (χ2v) is 12.6. The number of H-pyrrole nitrogens is 1. The van der Waals surface area contributed by atoms with Gasteiger partial charge in [-0.3, -0.25) is 9.89 Å². The van der Waals surface area contributed by atoms with E-state index in [-0.39, 0.29) is 23.3 Å². The molecule has 4 heterocycles. The molecule has 206 valence electrons. The third-order valence-corrected chi connectivity index (χ3v) is 9.79. The van der Waals surface area contributed by atoms with Crippen molar-refractivity contribution in [2.45, 2.75) is 17.8 Å². The molecule has 0 unspecified atom stereocenters. The second kappa shape index (κ2) is 8.81. The van der Waals surface area contributed by atoms with Crippen LogP contribution in [0.4, 0.5) is 23.1 Å². The number of nitrogens with zero attached hydrogens (tertiary/aromatic N) is 4. The Kier molecular flexibility index (Phi) is 5.43. The van der Waals surface area contributed by atoms with E-state index in [1.165, 1.54) is 13.4 Å². The van der Waals surface area contributed by atoms with E-state index in [9.17, 15) is 13.2 Å². The summed E-state index contributed by atoms with van der Waals surface area (Å²) in [5, 5.41) is 14.7. The van der Waals surface area contributed by atoms with Gasteiger partial charge in [0.1, 0.15) is 12.1 Å². The lowest BCUT2D eigenvalue weighted by atomic mass is 9.91. The van der Waals surface area contributed by atoms with Crippen LogP contribution in [0, 0.1) is 0 Å². The number of ether oxygens (including phenoxy) is 2. The van der Waals surface area contributed by atoms with Crippen LogP contribution in [-0.2, 0) is 20.0 Å². The van der Waals surface area contributed by atoms with Gasteiger partial charge >= 0.3 is 0 Å². The van der Waals surface area contributed by atoms with E-state index in [1.807, 2.05) is 41.3 Å². The molecule has 3 aliphatic rings. The number of aromatic nitrogens is 4. The predicted molar refractivity (Wildman–Crippen MR) is 149 cm³/mol. The number of hydrogen-bond acceptors (Lipinski definition) is 10. The monoisotopic (exact) mass is 561 g/mol. The number of benzene rings is 2. The quantitative estimate of drug-likeness (QED) is 0.320. The Morgan fingerprint density at radius 3 is 2.65 bits per heavy atom. The number of fused-ring (bicyclic) bond motifs is 3. The highest BCUT2D eigenvalue weighted by molar-refractivity contribution is 7.91. The fourth-order valence-electron chi connectivity index (χ4n) is 5.95. The number of rotatable bonds is 6. The zero-order chi connectivity index (χ0) is 27.6. The Labute approximate surface area is 230 Å². The van der Waals surface area contributed by atoms with Crippen molar-refractivity contribution < 1.29 is 22.7 Å². The minimum atomic E-state index is -3.04. The molecule has 2 aliphatic heterocycles. The number of hydrogen-bond donors (Lipinski definition) is 3. The SMILES string of the molecule is COc1ccc2c(c1)[C@]1(C[C@H]1c1ccc3c(Nc4ncnc(N5CCS(=O)(=O)CC5)c4OC)n[nH]c3c1)C(=O)N2. The van der Waals surface area contributed by atoms with Gasteiger partial charge in [-0.2, -0.15) is 5.10 Å². The first-order valence-electron chi connectivity index (χ1n) is 12.9. The average Bonchev–Trinajstić information content (AvgIpc) is 3.51. The number of carbonyl (C=O) groups excluding carboxylic acids is 1. The van der Waals surface area contributed by atoms with Crippen LogP contribution in [0.1, 0.15) is 23.5 Å². The number of anilines is 4. The van der Waals surface area contributed by atoms with Crippen LogP contribution in [0.5, 0.6) is 11.5 Å². The van der Waals surface area contributed by atoms with Crippen LogP contribution in [-0.4, -0.2) is 73.3 Å². The molecule has 7 rings (SSSR count). The molecule has 1 spiro atoms. The molecular weight excluding hydrogens is 534 g/mol. The van der Waals surface area contributed by atoms with Crippen molar-refractivity contribution in [3.63, 3.8) is 0 Å². The van der Waals surface area contributed by atoms with Crippen molar-refractivity contribution in [1.82, 2.24) is 20.2 Å². The van der Waals surface area contributed by atoms with Crippen LogP contribution in [0.15, 0.2) is 42.7 Å². The van der Waals surface area contributed by atoms with Gasteiger partial charge in [-0.1, -0.05) is 6.07 Å². The summed E-state index contributed by atoms with van der Waals surface area (Å²) in [4.78, 5) is 23.7. The molecule has 1 saturated carbocycles. The van der Waals surface area contributed by atoms with Gasteiger partial charge in [0, 0.05) is 30.1 Å². The fraction of sp³-hybridized carbons (Fsp3) is 0.333. The molecule has 13 heteroatoms. The van der Waals surface area contributed by atoms with Crippen molar-refractivity contribution in [3.05, 3.63) is 53.9 Å². The molecule has 2 fully saturated rings. The number of amides is 1. The highest BCUT2D eigenvalue weighted by Gasteiger charge is 2.65. The van der Waals surface area contributed by atoms with Crippen molar-refractivity contribution in [2.75, 3.05) is 54.3 Å². The lowest BCUT2D eigenvalue weighted by Gasteiger charge is -2.29. The maximum Gasteiger partial charge on any atom is 0.235 e. The summed E-state index contributed by atoms with van der Waals surface area (Å²) >= 11 is 0. The normalized spacial score (nSPS) is 22.7. The molecule has 0 bridgehead atoms. The first-order valence-corrected chi connectivity index (χ1v) is 14.7. The summed E-state index contributed by atoms with van der Waals surface area (Å²) in [6, 6.07) is 11.8. The second-order valence-electron chi connectivity index (χ2n) is 10.3. The summed E-state index contributed by atoms with van der Waals surface area (Å²) in [6.45, 7) is 0.669. The van der Waals surface area contributed by atoms with E-state index in [2.05, 4.69) is 30.8 Å². The Bertz CT molecular complexity index is 1780. The van der Waals surface area contributed by atoms with E-state index < -0.39 is 15.3 Å². The van der Waals surface area contributed by atoms with Crippen molar-refractivity contribution in [2.24, 2.45) is 0 Å². The molecule has 1 aliphatic carbocycles.